The van der Waals surface area contributed by atoms with Gasteiger partial charge in [-0.15, -0.1) is 11.3 Å². The first-order chi connectivity index (χ1) is 9.98. The molecule has 1 unspecified atom stereocenters. The highest BCUT2D eigenvalue weighted by Crippen LogP contribution is 2.36. The number of rotatable bonds is 6. The van der Waals surface area contributed by atoms with Gasteiger partial charge in [0.15, 0.2) is 5.69 Å². The quantitative estimate of drug-likeness (QED) is 0.742. The Labute approximate surface area is 131 Å². The van der Waals surface area contributed by atoms with E-state index < -0.39 is 5.97 Å². The molecule has 8 heteroatoms. The summed E-state index contributed by atoms with van der Waals surface area (Å²) < 4.78 is 0.156. The van der Waals surface area contributed by atoms with Crippen LogP contribution in [-0.4, -0.2) is 45.7 Å². The van der Waals surface area contributed by atoms with Crippen LogP contribution in [0.25, 0.3) is 0 Å². The lowest BCUT2D eigenvalue weighted by Crippen LogP contribution is -2.43. The monoisotopic (exact) mass is 329 g/mol. The van der Waals surface area contributed by atoms with E-state index in [-0.39, 0.29) is 16.5 Å². The highest BCUT2D eigenvalue weighted by Gasteiger charge is 2.29. The predicted octanol–water partition coefficient (Wildman–Crippen LogP) is 1.97. The molecule has 1 aliphatic heterocycles. The second kappa shape index (κ2) is 7.13. The van der Waals surface area contributed by atoms with E-state index in [1.54, 1.807) is 0 Å². The number of carbonyl (C=O) groups is 2. The maximum Gasteiger partial charge on any atom is 0.355 e. The summed E-state index contributed by atoms with van der Waals surface area (Å²) in [4.78, 5) is 26.4. The van der Waals surface area contributed by atoms with Crippen LogP contribution in [0.3, 0.4) is 0 Å². The van der Waals surface area contributed by atoms with Crippen molar-refractivity contribution >= 4 is 35.1 Å². The summed E-state index contributed by atoms with van der Waals surface area (Å²) in [5, 5.41) is 16.7. The van der Waals surface area contributed by atoms with Gasteiger partial charge < -0.3 is 15.7 Å². The van der Waals surface area contributed by atoms with E-state index in [9.17, 15) is 9.59 Å². The third-order valence-electron chi connectivity index (χ3n) is 3.32. The number of nitrogens with zero attached hydrogens (tertiary/aromatic N) is 1. The number of aromatic nitrogens is 1. The molecule has 1 aliphatic rings. The van der Waals surface area contributed by atoms with Crippen LogP contribution < -0.4 is 10.6 Å². The van der Waals surface area contributed by atoms with E-state index in [2.05, 4.69) is 22.5 Å². The van der Waals surface area contributed by atoms with E-state index in [1.807, 2.05) is 11.8 Å². The van der Waals surface area contributed by atoms with Crippen molar-refractivity contribution in [3.63, 3.8) is 0 Å². The zero-order chi connectivity index (χ0) is 15.3. The minimum absolute atomic E-state index is 0.0608. The van der Waals surface area contributed by atoms with Gasteiger partial charge in [-0.2, -0.15) is 11.8 Å². The van der Waals surface area contributed by atoms with Gasteiger partial charge in [0.05, 0.1) is 5.01 Å². The van der Waals surface area contributed by atoms with E-state index in [1.165, 1.54) is 23.1 Å². The van der Waals surface area contributed by atoms with Gasteiger partial charge in [-0.05, 0) is 25.5 Å². The second-order valence-electron chi connectivity index (χ2n) is 5.19. The Morgan fingerprint density at radius 3 is 2.90 bits per heavy atom. The molecule has 0 spiro atoms. The van der Waals surface area contributed by atoms with E-state index in [0.717, 1.165) is 12.2 Å². The lowest BCUT2D eigenvalue weighted by Gasteiger charge is -2.22. The number of carboxylic acid groups (broad SMARTS) is 1. The number of carboxylic acids is 1. The third-order valence-corrected chi connectivity index (χ3v) is 5.77. The van der Waals surface area contributed by atoms with Gasteiger partial charge in [0.1, 0.15) is 0 Å². The Bertz CT molecular complexity index is 513. The molecule has 21 heavy (non-hydrogen) atoms. The second-order valence-corrected chi connectivity index (χ2v) is 7.82. The van der Waals surface area contributed by atoms with Gasteiger partial charge in [-0.25, -0.2) is 14.6 Å². The maximum absolute atomic E-state index is 11.7. The Hall–Kier alpha value is -1.28. The first-order valence-electron chi connectivity index (χ1n) is 6.82. The molecule has 2 amide bonds. The number of hydrogen-bond donors (Lipinski definition) is 3. The smallest absolute Gasteiger partial charge is 0.355 e. The maximum atomic E-state index is 11.7. The topological polar surface area (TPSA) is 91.3 Å². The van der Waals surface area contributed by atoms with Crippen molar-refractivity contribution in [1.82, 2.24) is 15.6 Å². The number of thioether (sulfide) groups is 1. The molecule has 6 nitrogen and oxygen atoms in total. The number of amides is 2. The average molecular weight is 329 g/mol. The van der Waals surface area contributed by atoms with Gasteiger partial charge in [-0.3, -0.25) is 0 Å². The van der Waals surface area contributed by atoms with Crippen molar-refractivity contribution in [2.45, 2.75) is 30.9 Å². The van der Waals surface area contributed by atoms with Crippen LogP contribution in [0, 0.1) is 0 Å². The van der Waals surface area contributed by atoms with Crippen LogP contribution in [0.15, 0.2) is 5.38 Å². The van der Waals surface area contributed by atoms with E-state index in [4.69, 9.17) is 5.11 Å². The number of hydrogen-bond acceptors (Lipinski definition) is 5. The molecule has 1 atom stereocenters. The van der Waals surface area contributed by atoms with Gasteiger partial charge in [0.25, 0.3) is 0 Å². The van der Waals surface area contributed by atoms with Crippen LogP contribution in [0.1, 0.15) is 35.3 Å². The fourth-order valence-electron chi connectivity index (χ4n) is 2.11. The molecular formula is C13H19N3O3S2. The first kappa shape index (κ1) is 16.1. The SMILES string of the molecule is CC1(CNC(=O)NCCc2nc(C(=O)O)cs2)CCCS1. The number of aromatic carboxylic acids is 1. The molecule has 1 fully saturated rings. The Morgan fingerprint density at radius 1 is 1.48 bits per heavy atom. The van der Waals surface area contributed by atoms with Crippen molar-refractivity contribution in [1.29, 1.82) is 0 Å². The minimum Gasteiger partial charge on any atom is -0.476 e. The summed E-state index contributed by atoms with van der Waals surface area (Å²) in [6.07, 6.45) is 2.88. The average Bonchev–Trinajstić information content (AvgIpc) is 3.06. The number of carbonyl (C=O) groups excluding carboxylic acids is 1. The Kier molecular flexibility index (Phi) is 5.46. The predicted molar refractivity (Wildman–Crippen MR) is 84.3 cm³/mol. The molecule has 3 N–H and O–H groups in total. The Balaban J connectivity index is 1.65. The molecule has 116 valence electrons. The lowest BCUT2D eigenvalue weighted by atomic mass is 10.1. The molecule has 2 rings (SSSR count). The van der Waals surface area contributed by atoms with Crippen LogP contribution in [-0.2, 0) is 6.42 Å². The van der Waals surface area contributed by atoms with Gasteiger partial charge in [0.2, 0.25) is 0 Å². The summed E-state index contributed by atoms with van der Waals surface area (Å²) in [6, 6.07) is -0.182. The third kappa shape index (κ3) is 4.89. The fraction of sp³-hybridized carbons (Fsp3) is 0.615. The van der Waals surface area contributed by atoms with Crippen LogP contribution >= 0.6 is 23.1 Å². The van der Waals surface area contributed by atoms with Crippen molar-refractivity contribution in [3.8, 4) is 0 Å². The van der Waals surface area contributed by atoms with Crippen LogP contribution in [0.2, 0.25) is 0 Å². The summed E-state index contributed by atoms with van der Waals surface area (Å²) in [5.74, 6) is 0.140. The molecule has 2 heterocycles. The highest BCUT2D eigenvalue weighted by atomic mass is 32.2. The van der Waals surface area contributed by atoms with Crippen molar-refractivity contribution in [3.05, 3.63) is 16.1 Å². The van der Waals surface area contributed by atoms with Crippen LogP contribution in [0.5, 0.6) is 0 Å². The molecule has 0 aromatic carbocycles. The molecule has 0 aliphatic carbocycles. The van der Waals surface area contributed by atoms with Crippen LogP contribution in [0.4, 0.5) is 4.79 Å². The normalized spacial score (nSPS) is 21.2. The minimum atomic E-state index is -1.02. The zero-order valence-electron chi connectivity index (χ0n) is 11.8. The Morgan fingerprint density at radius 2 is 2.29 bits per heavy atom. The summed E-state index contributed by atoms with van der Waals surface area (Å²) >= 11 is 3.20. The first-order valence-corrected chi connectivity index (χ1v) is 8.68. The van der Waals surface area contributed by atoms with Crippen molar-refractivity contribution < 1.29 is 14.7 Å². The van der Waals surface area contributed by atoms with Crippen molar-refractivity contribution in [2.75, 3.05) is 18.8 Å². The standard InChI is InChI=1S/C13H19N3O3S2/c1-13(4-2-6-21-13)8-15-12(19)14-5-3-10-16-9(7-20-10)11(17)18/h7H,2-6,8H2,1H3,(H,17,18)(H2,14,15,19). The van der Waals surface area contributed by atoms with Gasteiger partial charge in [-0.1, -0.05) is 0 Å². The molecule has 0 bridgehead atoms. The lowest BCUT2D eigenvalue weighted by molar-refractivity contribution is 0.0691. The fourth-order valence-corrected chi connectivity index (χ4v) is 4.13. The summed E-state index contributed by atoms with van der Waals surface area (Å²) in [5.41, 5.74) is 0.0608. The molecule has 0 radical (unpaired) electrons. The highest BCUT2D eigenvalue weighted by molar-refractivity contribution is 8.00. The number of thiazole rings is 1. The van der Waals surface area contributed by atoms with E-state index >= 15 is 0 Å². The number of urea groups is 1. The molecular weight excluding hydrogens is 310 g/mol. The number of nitrogens with one attached hydrogen (secondary N) is 2. The molecule has 1 saturated heterocycles. The van der Waals surface area contributed by atoms with Gasteiger partial charge in [0, 0.05) is 29.6 Å². The zero-order valence-corrected chi connectivity index (χ0v) is 13.5. The van der Waals surface area contributed by atoms with E-state index in [0.29, 0.717) is 24.5 Å². The molecule has 1 aromatic heterocycles. The molecule has 1 aromatic rings. The summed E-state index contributed by atoms with van der Waals surface area (Å²) in [6.45, 7) is 3.29. The molecule has 0 saturated carbocycles. The van der Waals surface area contributed by atoms with Gasteiger partial charge >= 0.3 is 12.0 Å². The van der Waals surface area contributed by atoms with Crippen molar-refractivity contribution in [2.24, 2.45) is 0 Å². The summed E-state index contributed by atoms with van der Waals surface area (Å²) in [7, 11) is 0. The largest absolute Gasteiger partial charge is 0.476 e.